The molecule has 3 rings (SSSR count). The summed E-state index contributed by atoms with van der Waals surface area (Å²) in [4.78, 5) is 12.6. The molecular weight excluding hydrogens is 388 g/mol. The topological polar surface area (TPSA) is 75.7 Å². The van der Waals surface area contributed by atoms with Crippen molar-refractivity contribution >= 4 is 15.9 Å². The first kappa shape index (κ1) is 21.3. The zero-order valence-corrected chi connectivity index (χ0v) is 17.7. The summed E-state index contributed by atoms with van der Waals surface area (Å²) in [5.74, 6) is 0.535. The molecule has 156 valence electrons. The Hall–Kier alpha value is -2.38. The zero-order chi connectivity index (χ0) is 20.9. The van der Waals surface area contributed by atoms with Crippen LogP contribution in [0.1, 0.15) is 49.0 Å². The van der Waals surface area contributed by atoms with Crippen LogP contribution in [-0.4, -0.2) is 37.8 Å². The smallest absolute Gasteiger partial charge is 0.251 e. The van der Waals surface area contributed by atoms with Gasteiger partial charge in [0.05, 0.1) is 11.0 Å². The van der Waals surface area contributed by atoms with Crippen molar-refractivity contribution in [2.75, 3.05) is 13.1 Å². The van der Waals surface area contributed by atoms with Crippen molar-refractivity contribution in [3.8, 4) is 5.75 Å². The van der Waals surface area contributed by atoms with Crippen molar-refractivity contribution in [3.63, 3.8) is 0 Å². The number of benzene rings is 2. The van der Waals surface area contributed by atoms with E-state index in [1.54, 1.807) is 52.8 Å². The lowest BCUT2D eigenvalue weighted by Crippen LogP contribution is -2.35. The van der Waals surface area contributed by atoms with E-state index in [1.165, 1.54) is 0 Å². The van der Waals surface area contributed by atoms with Crippen LogP contribution in [0.4, 0.5) is 0 Å². The van der Waals surface area contributed by atoms with E-state index in [1.807, 2.05) is 13.8 Å². The molecule has 1 heterocycles. The van der Waals surface area contributed by atoms with Gasteiger partial charge in [0.25, 0.3) is 5.91 Å². The van der Waals surface area contributed by atoms with Gasteiger partial charge in [0.15, 0.2) is 0 Å². The zero-order valence-electron chi connectivity index (χ0n) is 16.9. The summed E-state index contributed by atoms with van der Waals surface area (Å²) in [6.07, 6.45) is 2.98. The number of carbonyl (C=O) groups excluding carboxylic acids is 1. The minimum absolute atomic E-state index is 0.0800. The van der Waals surface area contributed by atoms with Gasteiger partial charge in [0, 0.05) is 25.2 Å². The van der Waals surface area contributed by atoms with E-state index in [0.29, 0.717) is 30.1 Å². The van der Waals surface area contributed by atoms with Crippen molar-refractivity contribution in [3.05, 3.63) is 59.7 Å². The molecule has 6 nitrogen and oxygen atoms in total. The van der Waals surface area contributed by atoms with E-state index in [2.05, 4.69) is 5.32 Å². The number of rotatable bonds is 7. The van der Waals surface area contributed by atoms with Crippen molar-refractivity contribution in [1.29, 1.82) is 0 Å². The van der Waals surface area contributed by atoms with Gasteiger partial charge in [0.2, 0.25) is 10.0 Å². The van der Waals surface area contributed by atoms with Gasteiger partial charge in [0.1, 0.15) is 5.75 Å². The van der Waals surface area contributed by atoms with Gasteiger partial charge >= 0.3 is 0 Å². The monoisotopic (exact) mass is 416 g/mol. The van der Waals surface area contributed by atoms with Crippen LogP contribution < -0.4 is 10.1 Å². The molecule has 0 radical (unpaired) electrons. The van der Waals surface area contributed by atoms with Crippen LogP contribution in [0.5, 0.6) is 5.75 Å². The lowest BCUT2D eigenvalue weighted by Gasteiger charge is -2.25. The number of piperidine rings is 1. The second-order valence-corrected chi connectivity index (χ2v) is 9.42. The number of nitrogens with zero attached hydrogens (tertiary/aromatic N) is 1. The maximum absolute atomic E-state index is 12.7. The second kappa shape index (κ2) is 9.41. The summed E-state index contributed by atoms with van der Waals surface area (Å²) >= 11 is 0. The number of hydrogen-bond donors (Lipinski definition) is 1. The Morgan fingerprint density at radius 3 is 2.21 bits per heavy atom. The first-order valence-electron chi connectivity index (χ1n) is 10.0. The van der Waals surface area contributed by atoms with E-state index in [9.17, 15) is 13.2 Å². The Morgan fingerprint density at radius 2 is 1.62 bits per heavy atom. The average Bonchev–Trinajstić information content (AvgIpc) is 2.73. The third-order valence-corrected chi connectivity index (χ3v) is 6.73. The lowest BCUT2D eigenvalue weighted by molar-refractivity contribution is 0.0951. The second-order valence-electron chi connectivity index (χ2n) is 7.48. The molecule has 0 atom stereocenters. The van der Waals surface area contributed by atoms with Crippen molar-refractivity contribution in [2.45, 2.75) is 50.7 Å². The number of hydrogen-bond acceptors (Lipinski definition) is 4. The first-order valence-corrected chi connectivity index (χ1v) is 11.4. The molecule has 0 aromatic heterocycles. The van der Waals surface area contributed by atoms with Gasteiger partial charge in [-0.05, 0) is 68.7 Å². The Balaban J connectivity index is 1.57. The lowest BCUT2D eigenvalue weighted by atomic mass is 10.2. The highest BCUT2D eigenvalue weighted by molar-refractivity contribution is 7.89. The average molecular weight is 417 g/mol. The van der Waals surface area contributed by atoms with E-state index in [4.69, 9.17) is 4.74 Å². The maximum Gasteiger partial charge on any atom is 0.251 e. The molecule has 1 N–H and O–H groups in total. The summed E-state index contributed by atoms with van der Waals surface area (Å²) in [5.41, 5.74) is 1.39. The molecule has 7 heteroatoms. The van der Waals surface area contributed by atoms with E-state index < -0.39 is 10.0 Å². The minimum atomic E-state index is -3.43. The highest BCUT2D eigenvalue weighted by atomic mass is 32.2. The third kappa shape index (κ3) is 5.58. The molecule has 0 unspecified atom stereocenters. The van der Waals surface area contributed by atoms with Crippen LogP contribution in [0.15, 0.2) is 53.4 Å². The highest BCUT2D eigenvalue weighted by Crippen LogP contribution is 2.21. The number of nitrogens with one attached hydrogen (secondary N) is 1. The molecule has 1 aliphatic heterocycles. The van der Waals surface area contributed by atoms with Gasteiger partial charge in [-0.2, -0.15) is 4.31 Å². The predicted octanol–water partition coefficient (Wildman–Crippen LogP) is 3.58. The number of sulfonamides is 1. The summed E-state index contributed by atoms with van der Waals surface area (Å²) in [6, 6.07) is 13.7. The van der Waals surface area contributed by atoms with E-state index in [0.717, 1.165) is 30.6 Å². The minimum Gasteiger partial charge on any atom is -0.491 e. The van der Waals surface area contributed by atoms with E-state index >= 15 is 0 Å². The summed E-state index contributed by atoms with van der Waals surface area (Å²) in [5, 5.41) is 2.86. The van der Waals surface area contributed by atoms with Crippen LogP contribution in [0, 0.1) is 0 Å². The molecule has 0 bridgehead atoms. The molecule has 0 saturated carbocycles. The fourth-order valence-corrected chi connectivity index (χ4v) is 4.79. The first-order chi connectivity index (χ1) is 13.9. The van der Waals surface area contributed by atoms with Gasteiger partial charge in [-0.1, -0.05) is 18.6 Å². The Kier molecular flexibility index (Phi) is 6.92. The van der Waals surface area contributed by atoms with Crippen molar-refractivity contribution < 1.29 is 17.9 Å². The largest absolute Gasteiger partial charge is 0.491 e. The van der Waals surface area contributed by atoms with Crippen LogP contribution in [0.3, 0.4) is 0 Å². The van der Waals surface area contributed by atoms with Crippen LogP contribution >= 0.6 is 0 Å². The number of carbonyl (C=O) groups is 1. The quantitative estimate of drug-likeness (QED) is 0.749. The normalized spacial score (nSPS) is 15.3. The van der Waals surface area contributed by atoms with Crippen LogP contribution in [0.25, 0.3) is 0 Å². The van der Waals surface area contributed by atoms with Gasteiger partial charge in [-0.3, -0.25) is 4.79 Å². The maximum atomic E-state index is 12.7. The predicted molar refractivity (Wildman–Crippen MR) is 112 cm³/mol. The Bertz CT molecular complexity index is 916. The SMILES string of the molecule is CC(C)Oc1ccc(C(=O)NCc2ccc(S(=O)(=O)N3CCCCC3)cc2)cc1. The summed E-state index contributed by atoms with van der Waals surface area (Å²) < 4.78 is 32.5. The van der Waals surface area contributed by atoms with Crippen molar-refractivity contribution in [1.82, 2.24) is 9.62 Å². The summed E-state index contributed by atoms with van der Waals surface area (Å²) in [7, 11) is -3.43. The van der Waals surface area contributed by atoms with Crippen LogP contribution in [0.2, 0.25) is 0 Å². The molecular formula is C22H28N2O4S. The van der Waals surface area contributed by atoms with Crippen molar-refractivity contribution in [2.24, 2.45) is 0 Å². The third-order valence-electron chi connectivity index (χ3n) is 4.82. The Labute approximate surface area is 172 Å². The van der Waals surface area contributed by atoms with Gasteiger partial charge in [-0.15, -0.1) is 0 Å². The fourth-order valence-electron chi connectivity index (χ4n) is 3.28. The van der Waals surface area contributed by atoms with E-state index in [-0.39, 0.29) is 12.0 Å². The molecule has 1 aliphatic rings. The molecule has 0 spiro atoms. The molecule has 1 fully saturated rings. The molecule has 1 amide bonds. The number of amides is 1. The summed E-state index contributed by atoms with van der Waals surface area (Å²) in [6.45, 7) is 5.39. The molecule has 1 saturated heterocycles. The van der Waals surface area contributed by atoms with Gasteiger partial charge < -0.3 is 10.1 Å². The number of ether oxygens (including phenoxy) is 1. The molecule has 0 aliphatic carbocycles. The molecule has 2 aromatic rings. The van der Waals surface area contributed by atoms with Gasteiger partial charge in [-0.25, -0.2) is 8.42 Å². The molecule has 29 heavy (non-hydrogen) atoms. The standard InChI is InChI=1S/C22H28N2O4S/c1-17(2)28-20-10-8-19(9-11-20)22(25)23-16-18-6-12-21(13-7-18)29(26,27)24-14-4-3-5-15-24/h6-13,17H,3-5,14-16H2,1-2H3,(H,23,25). The fraction of sp³-hybridized carbons (Fsp3) is 0.409. The Morgan fingerprint density at radius 1 is 1.00 bits per heavy atom. The van der Waals surface area contributed by atoms with Crippen LogP contribution in [-0.2, 0) is 16.6 Å². The highest BCUT2D eigenvalue weighted by Gasteiger charge is 2.25. The molecule has 2 aromatic carbocycles.